The summed E-state index contributed by atoms with van der Waals surface area (Å²) < 4.78 is 1.70. The van der Waals surface area contributed by atoms with E-state index >= 15 is 0 Å². The number of benzene rings is 2. The second-order valence-corrected chi connectivity index (χ2v) is 7.68. The molecule has 0 aliphatic carbocycles. The largest absolute Gasteiger partial charge is 0.322 e. The quantitative estimate of drug-likeness (QED) is 0.669. The highest BCUT2D eigenvalue weighted by atomic mass is 79.9. The number of rotatable bonds is 2. The Morgan fingerprint density at radius 3 is 2.14 bits per heavy atom. The highest BCUT2D eigenvalue weighted by Gasteiger charge is 2.14. The van der Waals surface area contributed by atoms with Crippen LogP contribution in [0.25, 0.3) is 0 Å². The van der Waals surface area contributed by atoms with Crippen molar-refractivity contribution in [3.63, 3.8) is 0 Å². The Morgan fingerprint density at radius 1 is 1.00 bits per heavy atom. The van der Waals surface area contributed by atoms with Crippen molar-refractivity contribution in [2.24, 2.45) is 0 Å². The molecule has 0 radical (unpaired) electrons. The molecule has 0 saturated heterocycles. The van der Waals surface area contributed by atoms with E-state index in [9.17, 15) is 4.79 Å². The summed E-state index contributed by atoms with van der Waals surface area (Å²) in [4.78, 5) is 12.3. The molecule has 0 heterocycles. The van der Waals surface area contributed by atoms with E-state index in [-0.39, 0.29) is 11.3 Å². The average Bonchev–Trinajstić information content (AvgIpc) is 2.38. The van der Waals surface area contributed by atoms with Crippen molar-refractivity contribution < 1.29 is 4.79 Å². The van der Waals surface area contributed by atoms with Crippen molar-refractivity contribution in [3.05, 3.63) is 62.5 Å². The Kier molecular flexibility index (Phi) is 4.89. The average molecular weight is 411 g/mol. The third kappa shape index (κ3) is 4.17. The van der Waals surface area contributed by atoms with Crippen molar-refractivity contribution in [3.8, 4) is 0 Å². The summed E-state index contributed by atoms with van der Waals surface area (Å²) >= 11 is 6.78. The molecule has 1 N–H and O–H groups in total. The van der Waals surface area contributed by atoms with E-state index in [1.54, 1.807) is 6.07 Å². The van der Waals surface area contributed by atoms with Crippen LogP contribution in [0.15, 0.2) is 51.4 Å². The lowest BCUT2D eigenvalue weighted by Gasteiger charge is -2.19. The minimum absolute atomic E-state index is 0.108. The predicted octanol–water partition coefficient (Wildman–Crippen LogP) is 5.76. The van der Waals surface area contributed by atoms with Crippen LogP contribution in [0.2, 0.25) is 0 Å². The molecule has 0 spiro atoms. The maximum absolute atomic E-state index is 12.3. The molecule has 2 nitrogen and oxygen atoms in total. The standard InChI is InChI=1S/C17H17Br2NO/c1-17(2,3)11-4-7-13(8-5-11)20-16(21)14-9-6-12(18)10-15(14)19/h4-10H,1-3H3,(H,20,21). The minimum atomic E-state index is -0.127. The van der Waals surface area contributed by atoms with Crippen molar-refractivity contribution >= 4 is 43.5 Å². The highest BCUT2D eigenvalue weighted by Crippen LogP contribution is 2.25. The van der Waals surface area contributed by atoms with Gasteiger partial charge in [-0.1, -0.05) is 48.8 Å². The molecule has 2 aromatic rings. The van der Waals surface area contributed by atoms with Crippen molar-refractivity contribution in [2.45, 2.75) is 26.2 Å². The summed E-state index contributed by atoms with van der Waals surface area (Å²) in [6.07, 6.45) is 0. The first-order valence-electron chi connectivity index (χ1n) is 6.64. The third-order valence-corrected chi connectivity index (χ3v) is 4.33. The van der Waals surface area contributed by atoms with Gasteiger partial charge in [-0.2, -0.15) is 0 Å². The topological polar surface area (TPSA) is 29.1 Å². The van der Waals surface area contributed by atoms with Gasteiger partial charge < -0.3 is 5.32 Å². The molecule has 2 rings (SSSR count). The lowest BCUT2D eigenvalue weighted by Crippen LogP contribution is -2.14. The summed E-state index contributed by atoms with van der Waals surface area (Å²) in [6, 6.07) is 13.5. The maximum atomic E-state index is 12.3. The maximum Gasteiger partial charge on any atom is 0.256 e. The number of hydrogen-bond donors (Lipinski definition) is 1. The van der Waals surface area contributed by atoms with Crippen LogP contribution in [0.5, 0.6) is 0 Å². The van der Waals surface area contributed by atoms with Crippen LogP contribution in [0.1, 0.15) is 36.7 Å². The Morgan fingerprint density at radius 2 is 1.62 bits per heavy atom. The number of hydrogen-bond acceptors (Lipinski definition) is 1. The van der Waals surface area contributed by atoms with E-state index in [0.29, 0.717) is 5.56 Å². The fraction of sp³-hybridized carbons (Fsp3) is 0.235. The predicted molar refractivity (Wildman–Crippen MR) is 94.9 cm³/mol. The Bertz CT molecular complexity index is 657. The fourth-order valence-corrected chi connectivity index (χ4v) is 3.15. The van der Waals surface area contributed by atoms with Crippen LogP contribution >= 0.6 is 31.9 Å². The normalized spacial score (nSPS) is 11.3. The zero-order valence-corrected chi connectivity index (χ0v) is 15.4. The minimum Gasteiger partial charge on any atom is -0.322 e. The number of carbonyl (C=O) groups is 1. The van der Waals surface area contributed by atoms with Gasteiger partial charge in [0.15, 0.2) is 0 Å². The van der Waals surface area contributed by atoms with Gasteiger partial charge in [0, 0.05) is 14.6 Å². The molecule has 0 aromatic heterocycles. The van der Waals surface area contributed by atoms with Crippen molar-refractivity contribution in [1.82, 2.24) is 0 Å². The Hall–Kier alpha value is -1.13. The SMILES string of the molecule is CC(C)(C)c1ccc(NC(=O)c2ccc(Br)cc2Br)cc1. The number of anilines is 1. The summed E-state index contributed by atoms with van der Waals surface area (Å²) in [5.41, 5.74) is 2.75. The molecule has 0 bridgehead atoms. The van der Waals surface area contributed by atoms with Gasteiger partial charge in [0.2, 0.25) is 0 Å². The molecule has 0 atom stereocenters. The molecule has 0 aliphatic heterocycles. The molecule has 1 amide bonds. The summed E-state index contributed by atoms with van der Waals surface area (Å²) in [7, 11) is 0. The van der Waals surface area contributed by atoms with Gasteiger partial charge in [0.05, 0.1) is 5.56 Å². The van der Waals surface area contributed by atoms with Crippen LogP contribution in [0, 0.1) is 0 Å². The van der Waals surface area contributed by atoms with E-state index in [1.165, 1.54) is 5.56 Å². The van der Waals surface area contributed by atoms with Crippen LogP contribution < -0.4 is 5.32 Å². The second-order valence-electron chi connectivity index (χ2n) is 5.91. The van der Waals surface area contributed by atoms with E-state index < -0.39 is 0 Å². The summed E-state index contributed by atoms with van der Waals surface area (Å²) in [5.74, 6) is -0.127. The van der Waals surface area contributed by atoms with Gasteiger partial charge in [-0.05, 0) is 57.2 Å². The van der Waals surface area contributed by atoms with Crippen molar-refractivity contribution in [1.29, 1.82) is 0 Å². The van der Waals surface area contributed by atoms with E-state index in [0.717, 1.165) is 14.6 Å². The first-order valence-corrected chi connectivity index (χ1v) is 8.23. The van der Waals surface area contributed by atoms with E-state index in [2.05, 4.69) is 57.9 Å². The van der Waals surface area contributed by atoms with Crippen LogP contribution in [0.3, 0.4) is 0 Å². The smallest absolute Gasteiger partial charge is 0.256 e. The first kappa shape index (κ1) is 16.2. The lowest BCUT2D eigenvalue weighted by atomic mass is 9.87. The number of carbonyl (C=O) groups excluding carboxylic acids is 1. The zero-order chi connectivity index (χ0) is 15.6. The van der Waals surface area contributed by atoms with Gasteiger partial charge >= 0.3 is 0 Å². The molecule has 2 aromatic carbocycles. The van der Waals surface area contributed by atoms with Crippen molar-refractivity contribution in [2.75, 3.05) is 5.32 Å². The molecular weight excluding hydrogens is 394 g/mol. The molecule has 4 heteroatoms. The van der Waals surface area contributed by atoms with Crippen LogP contribution in [-0.4, -0.2) is 5.91 Å². The number of amides is 1. The number of nitrogens with one attached hydrogen (secondary N) is 1. The highest BCUT2D eigenvalue weighted by molar-refractivity contribution is 9.11. The molecule has 110 valence electrons. The summed E-state index contributed by atoms with van der Waals surface area (Å²) in [5, 5.41) is 2.91. The summed E-state index contributed by atoms with van der Waals surface area (Å²) in [6.45, 7) is 6.50. The van der Waals surface area contributed by atoms with Gasteiger partial charge in [-0.15, -0.1) is 0 Å². The third-order valence-electron chi connectivity index (χ3n) is 3.18. The zero-order valence-electron chi connectivity index (χ0n) is 12.2. The monoisotopic (exact) mass is 409 g/mol. The second kappa shape index (κ2) is 6.32. The van der Waals surface area contributed by atoms with Gasteiger partial charge in [-0.25, -0.2) is 0 Å². The van der Waals surface area contributed by atoms with E-state index in [4.69, 9.17) is 0 Å². The van der Waals surface area contributed by atoms with Gasteiger partial charge in [0.25, 0.3) is 5.91 Å². The molecule has 0 fully saturated rings. The lowest BCUT2D eigenvalue weighted by molar-refractivity contribution is 0.102. The molecule has 21 heavy (non-hydrogen) atoms. The van der Waals surface area contributed by atoms with Crippen LogP contribution in [0.4, 0.5) is 5.69 Å². The van der Waals surface area contributed by atoms with Gasteiger partial charge in [-0.3, -0.25) is 4.79 Å². The molecule has 0 unspecified atom stereocenters. The Labute approximate surface area is 142 Å². The first-order chi connectivity index (χ1) is 9.77. The number of halogens is 2. The van der Waals surface area contributed by atoms with Crippen LogP contribution in [-0.2, 0) is 5.41 Å². The van der Waals surface area contributed by atoms with Gasteiger partial charge in [0.1, 0.15) is 0 Å². The van der Waals surface area contributed by atoms with E-state index in [1.807, 2.05) is 36.4 Å². The molecular formula is C17H17Br2NO. The Balaban J connectivity index is 2.16. The fourth-order valence-electron chi connectivity index (χ4n) is 1.93. The molecule has 0 aliphatic rings. The molecule has 0 saturated carbocycles.